The van der Waals surface area contributed by atoms with Crippen molar-refractivity contribution in [1.29, 1.82) is 0 Å². The van der Waals surface area contributed by atoms with Gasteiger partial charge in [0.2, 0.25) is 0 Å². The number of esters is 1. The van der Waals surface area contributed by atoms with Crippen molar-refractivity contribution in [2.75, 3.05) is 11.9 Å². The lowest BCUT2D eigenvalue weighted by Gasteiger charge is -1.92. The Morgan fingerprint density at radius 1 is 1.64 bits per heavy atom. The first kappa shape index (κ1) is 17.3. The molecule has 5 heteroatoms. The number of hydrogen-bond donors (Lipinski definition) is 0. The summed E-state index contributed by atoms with van der Waals surface area (Å²) in [6.45, 7) is 2.24. The van der Waals surface area contributed by atoms with Crippen molar-refractivity contribution in [1.82, 2.24) is 0 Å². The smallest absolute Gasteiger partial charge is 0.316 e. The molecule has 0 rings (SSSR count). The van der Waals surface area contributed by atoms with Crippen LogP contribution in [0.1, 0.15) is 14.4 Å². The van der Waals surface area contributed by atoms with Crippen molar-refractivity contribution >= 4 is 50.6 Å². The molecule has 66 valence electrons. The summed E-state index contributed by atoms with van der Waals surface area (Å²) >= 11 is 10.9. The molecule has 0 aromatic carbocycles. The third-order valence-electron chi connectivity index (χ3n) is 0.414. The second-order valence-electron chi connectivity index (χ2n) is 1.02. The zero-order chi connectivity index (χ0) is 8.41. The normalized spacial score (nSPS) is 6.00. The van der Waals surface area contributed by atoms with Gasteiger partial charge in [0.05, 0.1) is 6.61 Å². The first-order valence-corrected chi connectivity index (χ1v) is 4.37. The molecule has 0 spiro atoms. The summed E-state index contributed by atoms with van der Waals surface area (Å²) in [7, 11) is 0. The predicted molar refractivity (Wildman–Crippen MR) is 57.3 cm³/mol. The van der Waals surface area contributed by atoms with Crippen LogP contribution in [0.5, 0.6) is 0 Å². The highest BCUT2D eigenvalue weighted by atomic mass is 79.9. The van der Waals surface area contributed by atoms with Crippen LogP contribution in [0.25, 0.3) is 0 Å². The molecule has 11 heavy (non-hydrogen) atoms. The van der Waals surface area contributed by atoms with E-state index in [2.05, 4.69) is 45.1 Å². The van der Waals surface area contributed by atoms with E-state index in [1.807, 2.05) is 4.31 Å². The molecule has 0 aromatic rings. The Labute approximate surface area is 86.4 Å². The van der Waals surface area contributed by atoms with Crippen molar-refractivity contribution < 1.29 is 9.53 Å². The van der Waals surface area contributed by atoms with Crippen LogP contribution in [0.15, 0.2) is 0 Å². The second-order valence-corrected chi connectivity index (χ2v) is 2.25. The van der Waals surface area contributed by atoms with Crippen molar-refractivity contribution in [2.45, 2.75) is 14.4 Å². The fourth-order valence-electron chi connectivity index (χ4n) is 0.200. The van der Waals surface area contributed by atoms with Crippen molar-refractivity contribution in [2.24, 2.45) is 0 Å². The standard InChI is InChI=1S/C4H7BrO2.CS2.CH4/c1-2-7-4(6)3-5;2-1-3;/h2-3H2,1H3;;1H4. The highest BCUT2D eigenvalue weighted by Gasteiger charge is 1.92. The van der Waals surface area contributed by atoms with Crippen LogP contribution in [0.3, 0.4) is 0 Å². The van der Waals surface area contributed by atoms with E-state index in [0.29, 0.717) is 11.9 Å². The fourth-order valence-corrected chi connectivity index (χ4v) is 0.361. The second kappa shape index (κ2) is 16.6. The molecule has 0 N–H and O–H groups in total. The van der Waals surface area contributed by atoms with E-state index in [4.69, 9.17) is 0 Å². The highest BCUT2D eigenvalue weighted by molar-refractivity contribution is 9.09. The maximum absolute atomic E-state index is 10.1. The van der Waals surface area contributed by atoms with Gasteiger partial charge in [0.25, 0.3) is 0 Å². The number of rotatable bonds is 2. The van der Waals surface area contributed by atoms with E-state index in [1.54, 1.807) is 6.92 Å². The van der Waals surface area contributed by atoms with Crippen LogP contribution in [0.4, 0.5) is 0 Å². The maximum Gasteiger partial charge on any atom is 0.316 e. The van der Waals surface area contributed by atoms with Crippen molar-refractivity contribution in [3.05, 3.63) is 0 Å². The molecule has 0 fully saturated rings. The average molecular weight is 259 g/mol. The van der Waals surface area contributed by atoms with E-state index >= 15 is 0 Å². The van der Waals surface area contributed by atoms with Gasteiger partial charge in [-0.25, -0.2) is 0 Å². The lowest BCUT2D eigenvalue weighted by Crippen LogP contribution is -2.03. The Balaban J connectivity index is -0.000000140. The van der Waals surface area contributed by atoms with Crippen LogP contribution in [-0.4, -0.2) is 22.2 Å². The Kier molecular flexibility index (Phi) is 26.2. The van der Waals surface area contributed by atoms with Gasteiger partial charge in [-0.3, -0.25) is 4.79 Å². The Morgan fingerprint density at radius 3 is 2.09 bits per heavy atom. The highest BCUT2D eigenvalue weighted by Crippen LogP contribution is 1.82. The zero-order valence-corrected chi connectivity index (χ0v) is 8.64. The lowest BCUT2D eigenvalue weighted by atomic mass is 10.8. The molecule has 0 unspecified atom stereocenters. The van der Waals surface area contributed by atoms with Crippen LogP contribution < -0.4 is 0 Å². The van der Waals surface area contributed by atoms with Crippen LogP contribution >= 0.6 is 40.4 Å². The number of halogens is 1. The summed E-state index contributed by atoms with van der Waals surface area (Å²) in [6.07, 6.45) is 0. The van der Waals surface area contributed by atoms with Gasteiger partial charge in [0.15, 0.2) is 0 Å². The molecule has 0 aliphatic heterocycles. The molecule has 0 bridgehead atoms. The van der Waals surface area contributed by atoms with Gasteiger partial charge < -0.3 is 4.74 Å². The monoisotopic (exact) mass is 258 g/mol. The summed E-state index contributed by atoms with van der Waals surface area (Å²) in [5, 5.41) is 0.292. The minimum atomic E-state index is -0.206. The molecule has 0 radical (unpaired) electrons. The van der Waals surface area contributed by atoms with E-state index in [0.717, 1.165) is 0 Å². The predicted octanol–water partition coefficient (Wildman–Crippen LogP) is 2.60. The van der Waals surface area contributed by atoms with Gasteiger partial charge >= 0.3 is 5.97 Å². The number of carbonyl (C=O) groups excluding carboxylic acids is 1. The first-order chi connectivity index (χ1) is 4.72. The number of thiocarbonyl (C=S) groups is 2. The average Bonchev–Trinajstić information content (AvgIpc) is 1.90. The summed E-state index contributed by atoms with van der Waals surface area (Å²) in [5.74, 6) is -0.206. The van der Waals surface area contributed by atoms with Crippen molar-refractivity contribution in [3.63, 3.8) is 0 Å². The van der Waals surface area contributed by atoms with E-state index in [-0.39, 0.29) is 13.4 Å². The summed E-state index contributed by atoms with van der Waals surface area (Å²) in [4.78, 5) is 10.1. The van der Waals surface area contributed by atoms with E-state index in [1.165, 1.54) is 0 Å². The van der Waals surface area contributed by atoms with Crippen molar-refractivity contribution in [3.8, 4) is 0 Å². The van der Waals surface area contributed by atoms with E-state index < -0.39 is 0 Å². The first-order valence-electron chi connectivity index (χ1n) is 2.43. The van der Waals surface area contributed by atoms with Gasteiger partial charge in [-0.05, 0) is 31.4 Å². The van der Waals surface area contributed by atoms with Gasteiger partial charge in [-0.2, -0.15) is 0 Å². The summed E-state index contributed by atoms with van der Waals surface area (Å²) in [5.41, 5.74) is 0. The van der Waals surface area contributed by atoms with Crippen LogP contribution in [0.2, 0.25) is 0 Å². The number of carbonyl (C=O) groups is 1. The van der Waals surface area contributed by atoms with Gasteiger partial charge in [0.1, 0.15) is 5.33 Å². The molecule has 0 saturated carbocycles. The number of ether oxygens (including phenoxy) is 1. The molecule has 0 amide bonds. The molecule has 0 aliphatic carbocycles. The minimum Gasteiger partial charge on any atom is -0.465 e. The molecule has 0 heterocycles. The largest absolute Gasteiger partial charge is 0.465 e. The van der Waals surface area contributed by atoms with Gasteiger partial charge in [0, 0.05) is 4.31 Å². The Morgan fingerprint density at radius 2 is 2.00 bits per heavy atom. The van der Waals surface area contributed by atoms with Crippen LogP contribution in [-0.2, 0) is 9.53 Å². The molecule has 0 atom stereocenters. The Bertz CT molecular complexity index is 122. The zero-order valence-electron chi connectivity index (χ0n) is 5.43. The van der Waals surface area contributed by atoms with Gasteiger partial charge in [-0.15, -0.1) is 0 Å². The SMILES string of the molecule is C.CCOC(=O)CBr.S=C=S. The topological polar surface area (TPSA) is 26.3 Å². The molecule has 2 nitrogen and oxygen atoms in total. The molecular weight excluding hydrogens is 248 g/mol. The quantitative estimate of drug-likeness (QED) is 0.432. The third-order valence-corrected chi connectivity index (χ3v) is 0.872. The van der Waals surface area contributed by atoms with E-state index in [9.17, 15) is 4.79 Å². The summed E-state index contributed by atoms with van der Waals surface area (Å²) in [6, 6.07) is 0. The number of alkyl halides is 1. The van der Waals surface area contributed by atoms with Crippen LogP contribution in [0, 0.1) is 0 Å². The molecular formula is C6H11BrO2S2. The summed E-state index contributed by atoms with van der Waals surface area (Å²) < 4.78 is 6.42. The fraction of sp³-hybridized carbons (Fsp3) is 0.667. The Hall–Kier alpha value is 0.170. The maximum atomic E-state index is 10.1. The molecule has 0 aromatic heterocycles. The molecule has 0 aliphatic rings. The number of hydrogen-bond acceptors (Lipinski definition) is 4. The lowest BCUT2D eigenvalue weighted by molar-refractivity contribution is -0.139. The third kappa shape index (κ3) is 25.4. The minimum absolute atomic E-state index is 0. The van der Waals surface area contributed by atoms with Gasteiger partial charge in [-0.1, -0.05) is 23.4 Å². The molecule has 0 saturated heterocycles.